The topological polar surface area (TPSA) is 58.7 Å². The SMILES string of the molecule is CCc1nc(Cl)cc(=O)n1CC#N. The molecule has 0 saturated heterocycles. The minimum atomic E-state index is -0.279. The standard InChI is InChI=1S/C8H8ClN3O/c1-2-7-11-6(9)5-8(13)12(7)4-3-10/h5H,2,4H2,1H3. The molecule has 1 rings (SSSR count). The summed E-state index contributed by atoms with van der Waals surface area (Å²) in [7, 11) is 0. The number of nitriles is 1. The van der Waals surface area contributed by atoms with Crippen molar-refractivity contribution in [1.29, 1.82) is 5.26 Å². The Morgan fingerprint density at radius 3 is 3.00 bits per heavy atom. The summed E-state index contributed by atoms with van der Waals surface area (Å²) < 4.78 is 1.31. The summed E-state index contributed by atoms with van der Waals surface area (Å²) in [5, 5.41) is 8.64. The van der Waals surface area contributed by atoms with Gasteiger partial charge in [0.2, 0.25) is 0 Å². The Balaban J connectivity index is 3.32. The normalized spacial score (nSPS) is 9.62. The Bertz CT molecular complexity index is 405. The van der Waals surface area contributed by atoms with Crippen LogP contribution in [-0.2, 0) is 13.0 Å². The lowest BCUT2D eigenvalue weighted by Crippen LogP contribution is -2.23. The van der Waals surface area contributed by atoms with Crippen LogP contribution >= 0.6 is 11.6 Å². The van der Waals surface area contributed by atoms with Gasteiger partial charge in [0.05, 0.1) is 6.07 Å². The van der Waals surface area contributed by atoms with E-state index in [1.807, 2.05) is 13.0 Å². The molecule has 4 nitrogen and oxygen atoms in total. The van der Waals surface area contributed by atoms with E-state index < -0.39 is 0 Å². The van der Waals surface area contributed by atoms with E-state index in [1.54, 1.807) is 0 Å². The second kappa shape index (κ2) is 4.06. The maximum absolute atomic E-state index is 11.3. The van der Waals surface area contributed by atoms with E-state index >= 15 is 0 Å². The first-order valence-corrected chi connectivity index (χ1v) is 4.20. The molecule has 0 fully saturated rings. The van der Waals surface area contributed by atoms with Crippen LogP contribution in [0.4, 0.5) is 0 Å². The second-order valence-corrected chi connectivity index (χ2v) is 2.82. The summed E-state index contributed by atoms with van der Waals surface area (Å²) in [6.45, 7) is 1.87. The van der Waals surface area contributed by atoms with Crippen molar-refractivity contribution < 1.29 is 0 Å². The fraction of sp³-hybridized carbons (Fsp3) is 0.375. The van der Waals surface area contributed by atoms with Crippen molar-refractivity contribution in [3.8, 4) is 6.07 Å². The van der Waals surface area contributed by atoms with Crippen LogP contribution in [0.5, 0.6) is 0 Å². The Labute approximate surface area is 80.4 Å². The molecule has 0 bridgehead atoms. The fourth-order valence-electron chi connectivity index (χ4n) is 1.03. The van der Waals surface area contributed by atoms with Crippen molar-refractivity contribution >= 4 is 11.6 Å². The zero-order valence-corrected chi connectivity index (χ0v) is 7.88. The number of aromatic nitrogens is 2. The molecule has 0 aliphatic carbocycles. The molecule has 0 aliphatic heterocycles. The van der Waals surface area contributed by atoms with Crippen LogP contribution in [0.15, 0.2) is 10.9 Å². The van der Waals surface area contributed by atoms with Crippen LogP contribution in [0.25, 0.3) is 0 Å². The third-order valence-electron chi connectivity index (χ3n) is 1.60. The minimum absolute atomic E-state index is 0.0200. The van der Waals surface area contributed by atoms with Gasteiger partial charge in [0.1, 0.15) is 17.5 Å². The maximum Gasteiger partial charge on any atom is 0.255 e. The van der Waals surface area contributed by atoms with Crippen molar-refractivity contribution in [2.45, 2.75) is 19.9 Å². The van der Waals surface area contributed by atoms with Gasteiger partial charge in [0.15, 0.2) is 0 Å². The van der Waals surface area contributed by atoms with E-state index in [1.165, 1.54) is 10.6 Å². The van der Waals surface area contributed by atoms with E-state index in [9.17, 15) is 4.79 Å². The molecule has 1 aromatic rings. The summed E-state index contributed by atoms with van der Waals surface area (Å²) in [4.78, 5) is 15.2. The third kappa shape index (κ3) is 2.07. The quantitative estimate of drug-likeness (QED) is 0.665. The summed E-state index contributed by atoms with van der Waals surface area (Å²) in [6, 6.07) is 3.11. The summed E-state index contributed by atoms with van der Waals surface area (Å²) >= 11 is 5.59. The molecule has 68 valence electrons. The van der Waals surface area contributed by atoms with E-state index in [4.69, 9.17) is 16.9 Å². The van der Waals surface area contributed by atoms with E-state index in [0.717, 1.165) is 0 Å². The van der Waals surface area contributed by atoms with Gasteiger partial charge in [-0.2, -0.15) is 5.26 Å². The average molecular weight is 198 g/mol. The van der Waals surface area contributed by atoms with E-state index in [2.05, 4.69) is 4.98 Å². The molecular formula is C8H8ClN3O. The van der Waals surface area contributed by atoms with Crippen LogP contribution in [0, 0.1) is 11.3 Å². The van der Waals surface area contributed by atoms with Crippen LogP contribution in [0.1, 0.15) is 12.7 Å². The summed E-state index contributed by atoms with van der Waals surface area (Å²) in [6.07, 6.45) is 0.581. The molecule has 0 spiro atoms. The Morgan fingerprint density at radius 2 is 2.46 bits per heavy atom. The van der Waals surface area contributed by atoms with Gasteiger partial charge in [-0.25, -0.2) is 4.98 Å². The van der Waals surface area contributed by atoms with Crippen molar-refractivity contribution in [1.82, 2.24) is 9.55 Å². The van der Waals surface area contributed by atoms with Gasteiger partial charge in [0, 0.05) is 12.5 Å². The first kappa shape index (κ1) is 9.75. The predicted molar refractivity (Wildman–Crippen MR) is 48.5 cm³/mol. The zero-order valence-electron chi connectivity index (χ0n) is 7.12. The number of rotatable bonds is 2. The highest BCUT2D eigenvalue weighted by atomic mass is 35.5. The molecule has 0 amide bonds. The molecule has 0 saturated carbocycles. The molecule has 0 N–H and O–H groups in total. The zero-order chi connectivity index (χ0) is 9.84. The van der Waals surface area contributed by atoms with Crippen molar-refractivity contribution in [3.63, 3.8) is 0 Å². The lowest BCUT2D eigenvalue weighted by molar-refractivity contribution is 0.693. The predicted octanol–water partition coefficient (Wildman–Crippen LogP) is 0.983. The largest absolute Gasteiger partial charge is 0.283 e. The third-order valence-corrected chi connectivity index (χ3v) is 1.79. The average Bonchev–Trinajstić information content (AvgIpc) is 2.09. The Hall–Kier alpha value is -1.34. The van der Waals surface area contributed by atoms with E-state index in [-0.39, 0.29) is 17.3 Å². The number of aryl methyl sites for hydroxylation is 1. The molecule has 0 radical (unpaired) electrons. The number of hydrogen-bond donors (Lipinski definition) is 0. The molecule has 1 aromatic heterocycles. The monoisotopic (exact) mass is 197 g/mol. The minimum Gasteiger partial charge on any atom is -0.283 e. The van der Waals surface area contributed by atoms with E-state index in [0.29, 0.717) is 12.2 Å². The molecule has 0 atom stereocenters. The van der Waals surface area contributed by atoms with Crippen LogP contribution < -0.4 is 5.56 Å². The van der Waals surface area contributed by atoms with Gasteiger partial charge in [0.25, 0.3) is 5.56 Å². The van der Waals surface area contributed by atoms with Gasteiger partial charge < -0.3 is 0 Å². The molecule has 0 aliphatic rings. The van der Waals surface area contributed by atoms with Gasteiger partial charge in [-0.15, -0.1) is 0 Å². The van der Waals surface area contributed by atoms with Gasteiger partial charge in [-0.05, 0) is 0 Å². The van der Waals surface area contributed by atoms with Crippen molar-refractivity contribution in [2.24, 2.45) is 0 Å². The highest BCUT2D eigenvalue weighted by Crippen LogP contribution is 2.02. The van der Waals surface area contributed by atoms with Gasteiger partial charge >= 0.3 is 0 Å². The van der Waals surface area contributed by atoms with Gasteiger partial charge in [-0.3, -0.25) is 9.36 Å². The number of hydrogen-bond acceptors (Lipinski definition) is 3. The highest BCUT2D eigenvalue weighted by molar-refractivity contribution is 6.29. The van der Waals surface area contributed by atoms with Gasteiger partial charge in [-0.1, -0.05) is 18.5 Å². The molecular weight excluding hydrogens is 190 g/mol. The molecule has 13 heavy (non-hydrogen) atoms. The molecule has 0 aromatic carbocycles. The molecule has 1 heterocycles. The smallest absolute Gasteiger partial charge is 0.255 e. The lowest BCUT2D eigenvalue weighted by atomic mass is 10.4. The first-order valence-electron chi connectivity index (χ1n) is 3.82. The maximum atomic E-state index is 11.3. The number of nitrogens with zero attached hydrogens (tertiary/aromatic N) is 3. The summed E-state index contributed by atoms with van der Waals surface area (Å²) in [5.41, 5.74) is -0.279. The van der Waals surface area contributed by atoms with Crippen molar-refractivity contribution in [3.05, 3.63) is 27.4 Å². The first-order chi connectivity index (χ1) is 6.19. The molecule has 0 unspecified atom stereocenters. The molecule has 5 heteroatoms. The number of halogens is 1. The second-order valence-electron chi connectivity index (χ2n) is 2.43. The fourth-order valence-corrected chi connectivity index (χ4v) is 1.22. The van der Waals surface area contributed by atoms with Crippen molar-refractivity contribution in [2.75, 3.05) is 0 Å². The van der Waals surface area contributed by atoms with Crippen LogP contribution in [0.3, 0.4) is 0 Å². The highest BCUT2D eigenvalue weighted by Gasteiger charge is 2.04. The Morgan fingerprint density at radius 1 is 1.77 bits per heavy atom. The Kier molecular flexibility index (Phi) is 3.04. The van der Waals surface area contributed by atoms with Crippen LogP contribution in [-0.4, -0.2) is 9.55 Å². The lowest BCUT2D eigenvalue weighted by Gasteiger charge is -2.05. The summed E-state index contributed by atoms with van der Waals surface area (Å²) in [5.74, 6) is 0.541. The van der Waals surface area contributed by atoms with Crippen LogP contribution in [0.2, 0.25) is 5.15 Å².